The van der Waals surface area contributed by atoms with Gasteiger partial charge < -0.3 is 4.74 Å². The van der Waals surface area contributed by atoms with Gasteiger partial charge in [-0.25, -0.2) is 4.98 Å². The third-order valence-corrected chi connectivity index (χ3v) is 3.71. The van der Waals surface area contributed by atoms with Crippen LogP contribution in [-0.2, 0) is 17.8 Å². The number of nitriles is 1. The highest BCUT2D eigenvalue weighted by molar-refractivity contribution is 7.15. The Balaban J connectivity index is 2.40. The van der Waals surface area contributed by atoms with Crippen LogP contribution in [0.15, 0.2) is 24.3 Å². The molecule has 0 N–H and O–H groups in total. The molecule has 0 spiro atoms. The van der Waals surface area contributed by atoms with E-state index in [2.05, 4.69) is 30.1 Å². The van der Waals surface area contributed by atoms with Gasteiger partial charge in [-0.05, 0) is 13.0 Å². The van der Waals surface area contributed by atoms with Gasteiger partial charge in [0.25, 0.3) is 0 Å². The molecule has 0 bridgehead atoms. The van der Waals surface area contributed by atoms with Crippen molar-refractivity contribution in [2.45, 2.75) is 20.0 Å². The first-order chi connectivity index (χ1) is 8.74. The number of thiazole rings is 1. The smallest absolute Gasteiger partial charge is 0.124 e. The molecule has 0 radical (unpaired) electrons. The minimum Gasteiger partial charge on any atom is -0.378 e. The van der Waals surface area contributed by atoms with Crippen LogP contribution >= 0.6 is 11.3 Å². The summed E-state index contributed by atoms with van der Waals surface area (Å²) in [7, 11) is 1.64. The molecule has 2 rings (SSSR count). The van der Waals surface area contributed by atoms with E-state index in [9.17, 15) is 0 Å². The number of hydrogen-bond acceptors (Lipinski definition) is 4. The lowest BCUT2D eigenvalue weighted by atomic mass is 10.1. The summed E-state index contributed by atoms with van der Waals surface area (Å²) in [6, 6.07) is 10.4. The predicted molar refractivity (Wildman–Crippen MR) is 72.3 cm³/mol. The summed E-state index contributed by atoms with van der Waals surface area (Å²) in [6.45, 7) is 2.52. The van der Waals surface area contributed by atoms with Gasteiger partial charge in [0.15, 0.2) is 0 Å². The van der Waals surface area contributed by atoms with E-state index >= 15 is 0 Å². The Hall–Kier alpha value is -1.70. The summed E-state index contributed by atoms with van der Waals surface area (Å²) in [5, 5.41) is 9.78. The fourth-order valence-corrected chi connectivity index (χ4v) is 2.74. The first kappa shape index (κ1) is 12.7. The second-order valence-electron chi connectivity index (χ2n) is 4.03. The molecule has 0 saturated heterocycles. The van der Waals surface area contributed by atoms with E-state index in [-0.39, 0.29) is 0 Å². The standard InChI is InChI=1S/C14H14N2OS/c1-10-4-3-5-11(8-10)14-16-12(9-17-2)13(18-14)6-7-15/h3-5,8H,6,9H2,1-2H3. The fourth-order valence-electron chi connectivity index (χ4n) is 1.74. The first-order valence-corrected chi connectivity index (χ1v) is 6.47. The Labute approximate surface area is 111 Å². The lowest BCUT2D eigenvalue weighted by molar-refractivity contribution is 0.181. The number of nitrogens with zero attached hydrogens (tertiary/aromatic N) is 2. The zero-order chi connectivity index (χ0) is 13.0. The first-order valence-electron chi connectivity index (χ1n) is 5.66. The Morgan fingerprint density at radius 2 is 2.28 bits per heavy atom. The van der Waals surface area contributed by atoms with Gasteiger partial charge in [0.05, 0.1) is 24.8 Å². The number of ether oxygens (including phenoxy) is 1. The van der Waals surface area contributed by atoms with Crippen molar-refractivity contribution in [2.24, 2.45) is 0 Å². The molecule has 18 heavy (non-hydrogen) atoms. The second kappa shape index (κ2) is 5.76. The number of aryl methyl sites for hydroxylation is 1. The van der Waals surface area contributed by atoms with E-state index < -0.39 is 0 Å². The molecule has 0 aliphatic carbocycles. The van der Waals surface area contributed by atoms with E-state index in [4.69, 9.17) is 10.00 Å². The van der Waals surface area contributed by atoms with Crippen LogP contribution in [0.1, 0.15) is 16.1 Å². The average molecular weight is 258 g/mol. The highest BCUT2D eigenvalue weighted by Gasteiger charge is 2.12. The second-order valence-corrected chi connectivity index (χ2v) is 5.11. The molecule has 0 saturated carbocycles. The summed E-state index contributed by atoms with van der Waals surface area (Å²) in [4.78, 5) is 5.57. The molecular weight excluding hydrogens is 244 g/mol. The van der Waals surface area contributed by atoms with Crippen molar-refractivity contribution < 1.29 is 4.74 Å². The quantitative estimate of drug-likeness (QED) is 0.845. The van der Waals surface area contributed by atoms with Crippen molar-refractivity contribution in [3.05, 3.63) is 40.4 Å². The lowest BCUT2D eigenvalue weighted by Gasteiger charge is -1.97. The van der Waals surface area contributed by atoms with Crippen LogP contribution < -0.4 is 0 Å². The number of hydrogen-bond donors (Lipinski definition) is 0. The number of aromatic nitrogens is 1. The number of rotatable bonds is 4. The lowest BCUT2D eigenvalue weighted by Crippen LogP contribution is -1.92. The Bertz CT molecular complexity index is 584. The van der Waals surface area contributed by atoms with Gasteiger partial charge in [0.1, 0.15) is 5.01 Å². The van der Waals surface area contributed by atoms with Crippen LogP contribution in [-0.4, -0.2) is 12.1 Å². The molecule has 3 nitrogen and oxygen atoms in total. The normalized spacial score (nSPS) is 10.3. The molecule has 1 heterocycles. The van der Waals surface area contributed by atoms with Crippen molar-refractivity contribution in [3.8, 4) is 16.6 Å². The van der Waals surface area contributed by atoms with Crippen molar-refractivity contribution >= 4 is 11.3 Å². The van der Waals surface area contributed by atoms with Gasteiger partial charge in [-0.3, -0.25) is 0 Å². The maximum absolute atomic E-state index is 8.82. The molecule has 0 aliphatic heterocycles. The molecule has 2 aromatic rings. The van der Waals surface area contributed by atoms with Crippen LogP contribution in [0.25, 0.3) is 10.6 Å². The largest absolute Gasteiger partial charge is 0.378 e. The Kier molecular flexibility index (Phi) is 4.08. The minimum atomic E-state index is 0.391. The van der Waals surface area contributed by atoms with E-state index in [1.807, 2.05) is 12.1 Å². The molecule has 0 atom stereocenters. The van der Waals surface area contributed by atoms with E-state index in [1.165, 1.54) is 5.56 Å². The predicted octanol–water partition coefficient (Wildman–Crippen LogP) is 3.33. The van der Waals surface area contributed by atoms with E-state index in [0.717, 1.165) is 21.1 Å². The van der Waals surface area contributed by atoms with Crippen LogP contribution in [0, 0.1) is 18.3 Å². The summed E-state index contributed by atoms with van der Waals surface area (Å²) < 4.78 is 5.12. The third kappa shape index (κ3) is 2.76. The van der Waals surface area contributed by atoms with Gasteiger partial charge in [-0.2, -0.15) is 5.26 Å². The fraction of sp³-hybridized carbons (Fsp3) is 0.286. The van der Waals surface area contributed by atoms with Gasteiger partial charge >= 0.3 is 0 Å². The van der Waals surface area contributed by atoms with E-state index in [1.54, 1.807) is 18.4 Å². The summed E-state index contributed by atoms with van der Waals surface area (Å²) in [5.41, 5.74) is 3.18. The topological polar surface area (TPSA) is 45.9 Å². The van der Waals surface area contributed by atoms with Gasteiger partial charge in [-0.1, -0.05) is 23.8 Å². The van der Waals surface area contributed by atoms with E-state index in [0.29, 0.717) is 13.0 Å². The SMILES string of the molecule is COCc1nc(-c2cccc(C)c2)sc1CC#N. The van der Waals surface area contributed by atoms with Crippen molar-refractivity contribution in [1.29, 1.82) is 5.26 Å². The molecule has 0 unspecified atom stereocenters. The number of benzene rings is 1. The zero-order valence-corrected chi connectivity index (χ0v) is 11.3. The molecule has 4 heteroatoms. The van der Waals surface area contributed by atoms with Gasteiger partial charge in [0, 0.05) is 17.6 Å². The van der Waals surface area contributed by atoms with Crippen LogP contribution in [0.2, 0.25) is 0 Å². The molecule has 0 fully saturated rings. The Morgan fingerprint density at radius 1 is 1.44 bits per heavy atom. The zero-order valence-electron chi connectivity index (χ0n) is 10.4. The van der Waals surface area contributed by atoms with Crippen LogP contribution in [0.5, 0.6) is 0 Å². The minimum absolute atomic E-state index is 0.391. The van der Waals surface area contributed by atoms with Crippen molar-refractivity contribution in [1.82, 2.24) is 4.98 Å². The molecule has 92 valence electrons. The highest BCUT2D eigenvalue weighted by Crippen LogP contribution is 2.29. The van der Waals surface area contributed by atoms with Crippen LogP contribution in [0.4, 0.5) is 0 Å². The highest BCUT2D eigenvalue weighted by atomic mass is 32.1. The third-order valence-electron chi connectivity index (χ3n) is 2.56. The maximum Gasteiger partial charge on any atom is 0.124 e. The van der Waals surface area contributed by atoms with Gasteiger partial charge in [0.2, 0.25) is 0 Å². The molecule has 0 aliphatic rings. The average Bonchev–Trinajstić information content (AvgIpc) is 2.74. The number of methoxy groups -OCH3 is 1. The van der Waals surface area contributed by atoms with Crippen molar-refractivity contribution in [3.63, 3.8) is 0 Å². The summed E-state index contributed by atoms with van der Waals surface area (Å²) in [5.74, 6) is 0. The Morgan fingerprint density at radius 3 is 2.94 bits per heavy atom. The van der Waals surface area contributed by atoms with Gasteiger partial charge in [-0.15, -0.1) is 11.3 Å². The van der Waals surface area contributed by atoms with Crippen molar-refractivity contribution in [2.75, 3.05) is 7.11 Å². The monoisotopic (exact) mass is 258 g/mol. The molecule has 1 aromatic heterocycles. The molecule has 1 aromatic carbocycles. The molecule has 0 amide bonds. The molecular formula is C14H14N2OS. The maximum atomic E-state index is 8.82. The summed E-state index contributed by atoms with van der Waals surface area (Å²) >= 11 is 1.57. The summed E-state index contributed by atoms with van der Waals surface area (Å²) in [6.07, 6.45) is 0.391. The van der Waals surface area contributed by atoms with Crippen LogP contribution in [0.3, 0.4) is 0 Å².